The monoisotopic (exact) mass is 498 g/mol. The van der Waals surface area contributed by atoms with Gasteiger partial charge in [0.25, 0.3) is 11.8 Å². The zero-order chi connectivity index (χ0) is 25.8. The number of carbonyl (C=O) groups excluding carboxylic acids is 3. The van der Waals surface area contributed by atoms with Gasteiger partial charge in [0.05, 0.1) is 11.9 Å². The number of rotatable bonds is 7. The Bertz CT molecular complexity index is 1070. The van der Waals surface area contributed by atoms with Crippen molar-refractivity contribution < 1.29 is 19.5 Å². The summed E-state index contributed by atoms with van der Waals surface area (Å²) < 4.78 is 0. The molecule has 1 aliphatic rings. The van der Waals surface area contributed by atoms with Gasteiger partial charge >= 0.3 is 0 Å². The molecule has 3 rings (SSSR count). The van der Waals surface area contributed by atoms with Gasteiger partial charge in [-0.1, -0.05) is 36.4 Å². The second-order valence-electron chi connectivity index (χ2n) is 9.80. The molecule has 2 aromatic rings. The number of hydrogen-bond acceptors (Lipinski definition) is 6. The van der Waals surface area contributed by atoms with Crippen molar-refractivity contribution in [3.63, 3.8) is 0 Å². The molecule has 0 saturated carbocycles. The van der Waals surface area contributed by atoms with Crippen LogP contribution in [0.3, 0.4) is 0 Å². The molecule has 8 nitrogen and oxygen atoms in total. The van der Waals surface area contributed by atoms with E-state index in [-0.39, 0.29) is 12.3 Å². The summed E-state index contributed by atoms with van der Waals surface area (Å²) in [6.07, 6.45) is -1.30. The molecular weight excluding hydrogens is 464 g/mol. The summed E-state index contributed by atoms with van der Waals surface area (Å²) in [4.78, 5) is 40.7. The number of hydrogen-bond donors (Lipinski definition) is 4. The minimum Gasteiger partial charge on any atom is -0.398 e. The van der Waals surface area contributed by atoms with Gasteiger partial charge in [-0.15, -0.1) is 11.8 Å². The van der Waals surface area contributed by atoms with Crippen LogP contribution < -0.4 is 16.4 Å². The average molecular weight is 499 g/mol. The molecule has 35 heavy (non-hydrogen) atoms. The molecule has 3 amide bonds. The second-order valence-corrected chi connectivity index (χ2v) is 10.8. The number of benzene rings is 2. The van der Waals surface area contributed by atoms with E-state index in [2.05, 4.69) is 10.6 Å². The van der Waals surface area contributed by atoms with Gasteiger partial charge in [-0.3, -0.25) is 14.4 Å². The maximum Gasteiger partial charge on any atom is 0.254 e. The minimum atomic E-state index is -1.54. The van der Waals surface area contributed by atoms with E-state index in [1.54, 1.807) is 25.1 Å². The van der Waals surface area contributed by atoms with Crippen molar-refractivity contribution in [1.82, 2.24) is 15.5 Å². The van der Waals surface area contributed by atoms with Gasteiger partial charge < -0.3 is 26.4 Å². The number of nitrogen functional groups attached to an aromatic ring is 1. The lowest BCUT2D eigenvalue weighted by atomic mass is 9.98. The highest BCUT2D eigenvalue weighted by atomic mass is 32.2. The highest BCUT2D eigenvalue weighted by molar-refractivity contribution is 7.99. The molecule has 1 saturated heterocycles. The summed E-state index contributed by atoms with van der Waals surface area (Å²) in [6, 6.07) is 12.8. The molecule has 0 radical (unpaired) electrons. The van der Waals surface area contributed by atoms with Crippen molar-refractivity contribution in [2.75, 3.05) is 17.4 Å². The van der Waals surface area contributed by atoms with Crippen LogP contribution in [-0.4, -0.2) is 63.1 Å². The fourth-order valence-corrected chi connectivity index (χ4v) is 5.09. The van der Waals surface area contributed by atoms with Gasteiger partial charge in [0.15, 0.2) is 6.10 Å². The molecule has 3 atom stereocenters. The van der Waals surface area contributed by atoms with Gasteiger partial charge in [-0.25, -0.2) is 0 Å². The highest BCUT2D eigenvalue weighted by Crippen LogP contribution is 2.24. The van der Waals surface area contributed by atoms with Crippen molar-refractivity contribution in [1.29, 1.82) is 0 Å². The number of amides is 3. The van der Waals surface area contributed by atoms with Crippen LogP contribution in [0.1, 0.15) is 42.3 Å². The first kappa shape index (κ1) is 26.6. The smallest absolute Gasteiger partial charge is 0.254 e. The third kappa shape index (κ3) is 6.76. The Morgan fingerprint density at radius 2 is 1.83 bits per heavy atom. The number of anilines is 1. The topological polar surface area (TPSA) is 125 Å². The molecule has 2 aromatic carbocycles. The number of thioether (sulfide) groups is 1. The van der Waals surface area contributed by atoms with Crippen molar-refractivity contribution in [3.05, 3.63) is 65.2 Å². The van der Waals surface area contributed by atoms with Gasteiger partial charge in [0.2, 0.25) is 5.91 Å². The Morgan fingerprint density at radius 3 is 2.49 bits per heavy atom. The molecule has 1 heterocycles. The van der Waals surface area contributed by atoms with Crippen LogP contribution in [0.25, 0.3) is 0 Å². The van der Waals surface area contributed by atoms with Crippen molar-refractivity contribution >= 4 is 35.2 Å². The molecule has 0 aromatic heterocycles. The molecule has 1 aliphatic heterocycles. The Morgan fingerprint density at radius 1 is 1.14 bits per heavy atom. The van der Waals surface area contributed by atoms with Gasteiger partial charge in [-0.2, -0.15) is 0 Å². The fourth-order valence-electron chi connectivity index (χ4n) is 3.93. The van der Waals surface area contributed by atoms with Gasteiger partial charge in [-0.05, 0) is 57.4 Å². The van der Waals surface area contributed by atoms with Gasteiger partial charge in [0, 0.05) is 22.5 Å². The first-order chi connectivity index (χ1) is 16.5. The average Bonchev–Trinajstić information content (AvgIpc) is 3.29. The molecule has 0 aliphatic carbocycles. The quantitative estimate of drug-likeness (QED) is 0.434. The molecule has 0 spiro atoms. The molecule has 0 bridgehead atoms. The number of nitrogens with one attached hydrogen (secondary N) is 2. The van der Waals surface area contributed by atoms with E-state index in [0.717, 1.165) is 5.56 Å². The number of nitrogens with zero attached hydrogens (tertiary/aromatic N) is 1. The van der Waals surface area contributed by atoms with Crippen molar-refractivity contribution in [3.8, 4) is 0 Å². The first-order valence-corrected chi connectivity index (χ1v) is 12.7. The molecule has 9 heteroatoms. The van der Waals surface area contributed by atoms with E-state index in [0.29, 0.717) is 28.4 Å². The summed E-state index contributed by atoms with van der Waals surface area (Å²) in [6.45, 7) is 7.37. The van der Waals surface area contributed by atoms with Crippen LogP contribution in [0.4, 0.5) is 5.69 Å². The van der Waals surface area contributed by atoms with Crippen LogP contribution in [0.5, 0.6) is 0 Å². The number of nitrogens with two attached hydrogens (primary N) is 1. The third-order valence-electron chi connectivity index (χ3n) is 5.84. The molecule has 188 valence electrons. The molecule has 1 fully saturated rings. The molecule has 1 unspecified atom stereocenters. The lowest BCUT2D eigenvalue weighted by Crippen LogP contribution is -2.57. The normalized spacial score (nSPS) is 17.5. The fraction of sp³-hybridized carbons (Fsp3) is 0.423. The Labute approximate surface area is 210 Å². The van der Waals surface area contributed by atoms with Crippen LogP contribution in [0.2, 0.25) is 0 Å². The Kier molecular flexibility index (Phi) is 8.45. The van der Waals surface area contributed by atoms with Crippen LogP contribution in [0.15, 0.2) is 48.5 Å². The number of aliphatic hydroxyl groups excluding tert-OH is 1. The van der Waals surface area contributed by atoms with Gasteiger partial charge in [0.1, 0.15) is 6.04 Å². The van der Waals surface area contributed by atoms with E-state index in [1.165, 1.54) is 16.7 Å². The summed E-state index contributed by atoms with van der Waals surface area (Å²) in [5, 5.41) is 16.9. The van der Waals surface area contributed by atoms with Crippen LogP contribution >= 0.6 is 11.8 Å². The number of aliphatic hydroxyl groups is 1. The maximum absolute atomic E-state index is 13.4. The summed E-state index contributed by atoms with van der Waals surface area (Å²) >= 11 is 1.45. The lowest BCUT2D eigenvalue weighted by Gasteiger charge is -2.31. The molecule has 5 N–H and O–H groups in total. The summed E-state index contributed by atoms with van der Waals surface area (Å²) in [5.41, 5.74) is 7.85. The van der Waals surface area contributed by atoms with E-state index >= 15 is 0 Å². The minimum absolute atomic E-state index is 0.237. The summed E-state index contributed by atoms with van der Waals surface area (Å²) in [7, 11) is 0. The zero-order valence-corrected chi connectivity index (χ0v) is 21.4. The lowest BCUT2D eigenvalue weighted by molar-refractivity contribution is -0.146. The third-order valence-corrected chi connectivity index (χ3v) is 6.85. The van der Waals surface area contributed by atoms with Crippen LogP contribution in [-0.2, 0) is 16.0 Å². The van der Waals surface area contributed by atoms with Crippen LogP contribution in [0, 0.1) is 6.92 Å². The maximum atomic E-state index is 13.4. The number of carbonyl (C=O) groups is 3. The highest BCUT2D eigenvalue weighted by Gasteiger charge is 2.40. The first-order valence-electron chi connectivity index (χ1n) is 11.6. The van der Waals surface area contributed by atoms with Crippen molar-refractivity contribution in [2.24, 2.45) is 0 Å². The zero-order valence-electron chi connectivity index (χ0n) is 20.6. The van der Waals surface area contributed by atoms with E-state index in [1.807, 2.05) is 51.1 Å². The standard InChI is InChI=1S/C26H34N4O4S/c1-16-18(11-8-12-19(16)27)23(32)28-20(13-17-9-6-5-7-10-17)22(31)25(34)30-15-35-14-21(30)24(33)29-26(2,3)4/h5-12,20-22,31H,13-15,27H2,1-4H3,(H,28,32)(H,29,33)/t20-,21?,22-/m0/s1. The Balaban J connectivity index is 1.83. The molecular formula is C26H34N4O4S. The van der Waals surface area contributed by atoms with E-state index < -0.39 is 35.5 Å². The Hall–Kier alpha value is -3.04. The van der Waals surface area contributed by atoms with E-state index in [4.69, 9.17) is 5.73 Å². The van der Waals surface area contributed by atoms with Crippen molar-refractivity contribution in [2.45, 2.75) is 57.8 Å². The predicted octanol–water partition coefficient (Wildman–Crippen LogP) is 2.10. The SMILES string of the molecule is Cc1c(N)cccc1C(=O)N[C@@H](Cc1ccccc1)[C@H](O)C(=O)N1CSCC1C(=O)NC(C)(C)C. The predicted molar refractivity (Wildman–Crippen MR) is 139 cm³/mol. The van der Waals surface area contributed by atoms with E-state index in [9.17, 15) is 19.5 Å². The largest absolute Gasteiger partial charge is 0.398 e. The second kappa shape index (κ2) is 11.1. The summed E-state index contributed by atoms with van der Waals surface area (Å²) in [5.74, 6) is -0.547.